The fraction of sp³-hybridized carbons (Fsp3) is 0.529. The van der Waals surface area contributed by atoms with Crippen LogP contribution in [0.5, 0.6) is 0 Å². The molecule has 1 N–H and O–H groups in total. The van der Waals surface area contributed by atoms with Gasteiger partial charge >= 0.3 is 5.97 Å². The highest BCUT2D eigenvalue weighted by molar-refractivity contribution is 7.88. The Kier molecular flexibility index (Phi) is 6.74. The number of carbonyl (C=O) groups excluding carboxylic acids is 2. The maximum atomic E-state index is 12.6. The first kappa shape index (κ1) is 20.3. The highest BCUT2D eigenvalue weighted by Crippen LogP contribution is 2.26. The van der Waals surface area contributed by atoms with Gasteiger partial charge in [-0.2, -0.15) is 4.31 Å². The molecule has 1 aromatic rings. The number of methoxy groups -OCH3 is 1. The minimum atomic E-state index is -3.62. The lowest BCUT2D eigenvalue weighted by Gasteiger charge is -2.33. The third kappa shape index (κ3) is 5.03. The summed E-state index contributed by atoms with van der Waals surface area (Å²) in [5, 5.41) is 2.58. The molecule has 26 heavy (non-hydrogen) atoms. The van der Waals surface area contributed by atoms with Gasteiger partial charge in [-0.25, -0.2) is 8.42 Å². The second kappa shape index (κ2) is 8.61. The van der Waals surface area contributed by atoms with Gasteiger partial charge in [0.15, 0.2) is 6.10 Å². The summed E-state index contributed by atoms with van der Waals surface area (Å²) in [4.78, 5) is 24.5. The zero-order valence-corrected chi connectivity index (χ0v) is 15.9. The van der Waals surface area contributed by atoms with Crippen molar-refractivity contribution < 1.29 is 27.5 Å². The van der Waals surface area contributed by atoms with Gasteiger partial charge < -0.3 is 14.8 Å². The molecular weight excluding hydrogens is 360 g/mol. The van der Waals surface area contributed by atoms with Crippen LogP contribution >= 0.6 is 0 Å². The number of fused-ring (bicyclic) bond motifs is 1. The van der Waals surface area contributed by atoms with Gasteiger partial charge in [-0.15, -0.1) is 0 Å². The largest absolute Gasteiger partial charge is 0.451 e. The molecule has 1 heterocycles. The molecule has 8 nitrogen and oxygen atoms in total. The van der Waals surface area contributed by atoms with Gasteiger partial charge in [0.25, 0.3) is 5.91 Å². The molecule has 0 spiro atoms. The number of nitrogens with one attached hydrogen (secondary N) is 1. The Morgan fingerprint density at radius 1 is 1.31 bits per heavy atom. The number of hydrogen-bond acceptors (Lipinski definition) is 6. The van der Waals surface area contributed by atoms with Gasteiger partial charge in [0.1, 0.15) is 6.04 Å². The molecule has 9 heteroatoms. The average molecular weight is 384 g/mol. The summed E-state index contributed by atoms with van der Waals surface area (Å²) in [7, 11) is -2.11. The number of nitrogens with zero attached hydrogens (tertiary/aromatic N) is 1. The molecule has 0 aromatic heterocycles. The van der Waals surface area contributed by atoms with Crippen molar-refractivity contribution >= 4 is 21.9 Å². The van der Waals surface area contributed by atoms with Crippen LogP contribution < -0.4 is 5.32 Å². The van der Waals surface area contributed by atoms with E-state index in [-0.39, 0.29) is 13.0 Å². The minimum absolute atomic E-state index is 0.100. The Bertz CT molecular complexity index is 764. The highest BCUT2D eigenvalue weighted by atomic mass is 32.2. The fourth-order valence-electron chi connectivity index (χ4n) is 2.77. The van der Waals surface area contributed by atoms with Gasteiger partial charge in [0.2, 0.25) is 10.0 Å². The van der Waals surface area contributed by atoms with E-state index in [4.69, 9.17) is 9.47 Å². The maximum Gasteiger partial charge on any atom is 0.325 e. The molecule has 1 aliphatic heterocycles. The number of amides is 1. The Hall–Kier alpha value is -1.97. The van der Waals surface area contributed by atoms with E-state index in [9.17, 15) is 18.0 Å². The van der Waals surface area contributed by atoms with Crippen molar-refractivity contribution in [2.45, 2.75) is 32.0 Å². The molecule has 1 amide bonds. The van der Waals surface area contributed by atoms with E-state index in [1.165, 1.54) is 14.0 Å². The van der Waals surface area contributed by atoms with Gasteiger partial charge in [-0.1, -0.05) is 24.3 Å². The summed E-state index contributed by atoms with van der Waals surface area (Å²) in [5.41, 5.74) is 1.75. The number of hydrogen-bond donors (Lipinski definition) is 1. The number of esters is 1. The zero-order chi connectivity index (χ0) is 19.3. The predicted octanol–water partition coefficient (Wildman–Crippen LogP) is 0.0672. The van der Waals surface area contributed by atoms with Crippen LogP contribution in [-0.2, 0) is 42.1 Å². The molecule has 2 rings (SSSR count). The molecule has 0 aliphatic carbocycles. The van der Waals surface area contributed by atoms with Crippen molar-refractivity contribution in [1.29, 1.82) is 0 Å². The van der Waals surface area contributed by atoms with E-state index in [1.54, 1.807) is 0 Å². The summed E-state index contributed by atoms with van der Waals surface area (Å²) in [6, 6.07) is 6.36. The maximum absolute atomic E-state index is 12.6. The monoisotopic (exact) mass is 384 g/mol. The van der Waals surface area contributed by atoms with E-state index in [0.29, 0.717) is 13.2 Å². The molecule has 0 radical (unpaired) electrons. The smallest absolute Gasteiger partial charge is 0.325 e. The van der Waals surface area contributed by atoms with E-state index in [0.717, 1.165) is 21.7 Å². The lowest BCUT2D eigenvalue weighted by Crippen LogP contribution is -2.50. The summed E-state index contributed by atoms with van der Waals surface area (Å²) in [5.74, 6) is -1.20. The summed E-state index contributed by atoms with van der Waals surface area (Å²) >= 11 is 0. The molecular formula is C17H24N2O6S. The van der Waals surface area contributed by atoms with Gasteiger partial charge in [0.05, 0.1) is 12.9 Å². The van der Waals surface area contributed by atoms with Crippen molar-refractivity contribution in [3.05, 3.63) is 35.4 Å². The third-order valence-electron chi connectivity index (χ3n) is 4.17. The summed E-state index contributed by atoms with van der Waals surface area (Å²) in [6.07, 6.45) is 0.236. The number of ether oxygens (including phenoxy) is 2. The summed E-state index contributed by atoms with van der Waals surface area (Å²) < 4.78 is 35.4. The van der Waals surface area contributed by atoms with Crippen LogP contribution in [0.2, 0.25) is 0 Å². The Labute approximate surface area is 153 Å². The molecule has 1 aromatic carbocycles. The van der Waals surface area contributed by atoms with E-state index in [1.807, 2.05) is 24.3 Å². The van der Waals surface area contributed by atoms with Gasteiger partial charge in [-0.3, -0.25) is 9.59 Å². The van der Waals surface area contributed by atoms with E-state index >= 15 is 0 Å². The Balaban J connectivity index is 2.11. The standard InChI is InChI=1S/C17H24N2O6S/c1-12(16(20)18-8-9-24-2)25-17(21)15-10-13-6-4-5-7-14(13)11-19(15)26(3,22)23/h4-7,12,15H,8-11H2,1-3H3,(H,18,20)/t12-,15+/m1/s1. The van der Waals surface area contributed by atoms with Crippen LogP contribution in [0, 0.1) is 0 Å². The topological polar surface area (TPSA) is 102 Å². The Morgan fingerprint density at radius 2 is 1.96 bits per heavy atom. The number of benzene rings is 1. The zero-order valence-electron chi connectivity index (χ0n) is 15.1. The van der Waals surface area contributed by atoms with Crippen LogP contribution in [-0.4, -0.2) is 63.3 Å². The second-order valence-corrected chi connectivity index (χ2v) is 8.09. The lowest BCUT2D eigenvalue weighted by molar-refractivity contribution is -0.158. The highest BCUT2D eigenvalue weighted by Gasteiger charge is 2.38. The normalized spacial score (nSPS) is 18.7. The molecule has 0 bridgehead atoms. The minimum Gasteiger partial charge on any atom is -0.451 e. The second-order valence-electron chi connectivity index (χ2n) is 6.16. The number of rotatable bonds is 7. The molecule has 1 aliphatic rings. The molecule has 0 saturated heterocycles. The van der Waals surface area contributed by atoms with Crippen molar-refractivity contribution in [3.8, 4) is 0 Å². The molecule has 144 valence electrons. The molecule has 0 saturated carbocycles. The van der Waals surface area contributed by atoms with Crippen LogP contribution in [0.25, 0.3) is 0 Å². The van der Waals surface area contributed by atoms with Crippen LogP contribution in [0.3, 0.4) is 0 Å². The quantitative estimate of drug-likeness (QED) is 0.527. The van der Waals surface area contributed by atoms with Gasteiger partial charge in [-0.05, 0) is 18.1 Å². The van der Waals surface area contributed by atoms with E-state index < -0.39 is 34.0 Å². The molecule has 0 fully saturated rings. The SMILES string of the molecule is COCCNC(=O)[C@@H](C)OC(=O)[C@@H]1Cc2ccccc2CN1S(C)(=O)=O. The van der Waals surface area contributed by atoms with Crippen molar-refractivity contribution in [3.63, 3.8) is 0 Å². The van der Waals surface area contributed by atoms with Crippen LogP contribution in [0.1, 0.15) is 18.1 Å². The number of sulfonamides is 1. The third-order valence-corrected chi connectivity index (χ3v) is 5.41. The fourth-order valence-corrected chi connectivity index (χ4v) is 3.77. The summed E-state index contributed by atoms with van der Waals surface area (Å²) in [6.45, 7) is 2.18. The van der Waals surface area contributed by atoms with Crippen molar-refractivity contribution in [2.24, 2.45) is 0 Å². The van der Waals surface area contributed by atoms with Gasteiger partial charge in [0, 0.05) is 26.6 Å². The molecule has 2 atom stereocenters. The predicted molar refractivity (Wildman–Crippen MR) is 94.8 cm³/mol. The first-order chi connectivity index (χ1) is 12.2. The number of carbonyl (C=O) groups is 2. The van der Waals surface area contributed by atoms with Crippen LogP contribution in [0.15, 0.2) is 24.3 Å². The van der Waals surface area contributed by atoms with Crippen molar-refractivity contribution in [1.82, 2.24) is 9.62 Å². The van der Waals surface area contributed by atoms with Crippen LogP contribution in [0.4, 0.5) is 0 Å². The Morgan fingerprint density at radius 3 is 2.58 bits per heavy atom. The first-order valence-electron chi connectivity index (χ1n) is 8.24. The van der Waals surface area contributed by atoms with E-state index in [2.05, 4.69) is 5.32 Å². The average Bonchev–Trinajstić information content (AvgIpc) is 2.59. The lowest BCUT2D eigenvalue weighted by atomic mass is 9.96. The first-order valence-corrected chi connectivity index (χ1v) is 10.1. The van der Waals surface area contributed by atoms with Crippen molar-refractivity contribution in [2.75, 3.05) is 26.5 Å². The molecule has 0 unspecified atom stereocenters.